The highest BCUT2D eigenvalue weighted by molar-refractivity contribution is 7.99. The minimum Gasteiger partial charge on any atom is -0.497 e. The van der Waals surface area contributed by atoms with E-state index in [-0.39, 0.29) is 5.91 Å². The van der Waals surface area contributed by atoms with Crippen molar-refractivity contribution in [3.63, 3.8) is 0 Å². The minimum atomic E-state index is -0.150. The molecule has 1 heterocycles. The Morgan fingerprint density at radius 2 is 1.73 bits per heavy atom. The Labute approximate surface area is 157 Å². The normalized spacial score (nSPS) is 10.6. The van der Waals surface area contributed by atoms with Crippen LogP contribution in [-0.4, -0.2) is 22.8 Å². The Bertz CT molecular complexity index is 886. The number of ether oxygens (including phenoxy) is 1. The third kappa shape index (κ3) is 4.26. The standard InChI is InChI=1S/C20H21N3O2S/c1-4-23-19(13-14(2)22-23)20(24)21-15-5-9-17(10-6-15)26-18-11-7-16(25-3)8-12-18/h5-13H,4H2,1-3H3,(H,21,24). The van der Waals surface area contributed by atoms with Gasteiger partial charge in [-0.3, -0.25) is 9.48 Å². The van der Waals surface area contributed by atoms with Gasteiger partial charge in [-0.2, -0.15) is 5.10 Å². The van der Waals surface area contributed by atoms with E-state index in [0.29, 0.717) is 12.2 Å². The van der Waals surface area contributed by atoms with E-state index in [1.54, 1.807) is 29.6 Å². The lowest BCUT2D eigenvalue weighted by atomic mass is 10.3. The van der Waals surface area contributed by atoms with E-state index in [0.717, 1.165) is 26.9 Å². The molecule has 6 heteroatoms. The van der Waals surface area contributed by atoms with Crippen LogP contribution in [0.5, 0.6) is 5.75 Å². The van der Waals surface area contributed by atoms with Gasteiger partial charge < -0.3 is 10.1 Å². The molecule has 0 unspecified atom stereocenters. The van der Waals surface area contributed by atoms with E-state index in [2.05, 4.69) is 10.4 Å². The van der Waals surface area contributed by atoms with E-state index >= 15 is 0 Å². The smallest absolute Gasteiger partial charge is 0.273 e. The Kier molecular flexibility index (Phi) is 5.63. The molecule has 0 saturated carbocycles. The van der Waals surface area contributed by atoms with Crippen LogP contribution in [0.1, 0.15) is 23.1 Å². The first kappa shape index (κ1) is 18.1. The molecule has 0 spiro atoms. The Hall–Kier alpha value is -2.73. The quantitative estimate of drug-likeness (QED) is 0.690. The van der Waals surface area contributed by atoms with Crippen molar-refractivity contribution in [1.82, 2.24) is 9.78 Å². The molecule has 3 rings (SSSR count). The van der Waals surface area contributed by atoms with Crippen molar-refractivity contribution < 1.29 is 9.53 Å². The first-order valence-corrected chi connectivity index (χ1v) is 9.18. The average Bonchev–Trinajstić information content (AvgIpc) is 3.05. The van der Waals surface area contributed by atoms with Crippen LogP contribution in [0.3, 0.4) is 0 Å². The zero-order valence-corrected chi connectivity index (χ0v) is 15.8. The third-order valence-corrected chi connectivity index (χ3v) is 4.86. The number of carbonyl (C=O) groups is 1. The number of hydrogen-bond acceptors (Lipinski definition) is 4. The molecule has 0 radical (unpaired) electrons. The van der Waals surface area contributed by atoms with Crippen molar-refractivity contribution in [3.05, 3.63) is 66.0 Å². The number of methoxy groups -OCH3 is 1. The number of carbonyl (C=O) groups excluding carboxylic acids is 1. The maximum atomic E-state index is 12.5. The summed E-state index contributed by atoms with van der Waals surface area (Å²) in [5, 5.41) is 7.24. The third-order valence-electron chi connectivity index (χ3n) is 3.84. The van der Waals surface area contributed by atoms with E-state index < -0.39 is 0 Å². The number of amides is 1. The van der Waals surface area contributed by atoms with Gasteiger partial charge in [0.25, 0.3) is 5.91 Å². The van der Waals surface area contributed by atoms with Crippen molar-refractivity contribution in [2.45, 2.75) is 30.2 Å². The molecule has 26 heavy (non-hydrogen) atoms. The number of aromatic nitrogens is 2. The molecule has 2 aromatic carbocycles. The highest BCUT2D eigenvalue weighted by Crippen LogP contribution is 2.29. The number of benzene rings is 2. The highest BCUT2D eigenvalue weighted by Gasteiger charge is 2.13. The van der Waals surface area contributed by atoms with Crippen LogP contribution in [0.15, 0.2) is 64.4 Å². The summed E-state index contributed by atoms with van der Waals surface area (Å²) >= 11 is 1.66. The molecule has 0 aliphatic rings. The lowest BCUT2D eigenvalue weighted by molar-refractivity contribution is 0.101. The van der Waals surface area contributed by atoms with Crippen molar-refractivity contribution in [3.8, 4) is 5.75 Å². The second-order valence-electron chi connectivity index (χ2n) is 5.74. The number of hydrogen-bond donors (Lipinski definition) is 1. The molecule has 3 aromatic rings. The van der Waals surface area contributed by atoms with Gasteiger partial charge in [0, 0.05) is 22.0 Å². The highest BCUT2D eigenvalue weighted by atomic mass is 32.2. The summed E-state index contributed by atoms with van der Waals surface area (Å²) in [6.45, 7) is 4.51. The first-order chi connectivity index (χ1) is 12.6. The maximum Gasteiger partial charge on any atom is 0.273 e. The summed E-state index contributed by atoms with van der Waals surface area (Å²) in [6, 6.07) is 17.5. The van der Waals surface area contributed by atoms with Crippen LogP contribution in [-0.2, 0) is 6.54 Å². The molecular weight excluding hydrogens is 346 g/mol. The number of anilines is 1. The van der Waals surface area contributed by atoms with E-state index in [1.165, 1.54) is 0 Å². The van der Waals surface area contributed by atoms with Gasteiger partial charge in [0.2, 0.25) is 0 Å². The molecule has 0 atom stereocenters. The zero-order valence-electron chi connectivity index (χ0n) is 15.0. The lowest BCUT2D eigenvalue weighted by Crippen LogP contribution is -2.17. The fraction of sp³-hybridized carbons (Fsp3) is 0.200. The fourth-order valence-corrected chi connectivity index (χ4v) is 3.37. The fourth-order valence-electron chi connectivity index (χ4n) is 2.55. The summed E-state index contributed by atoms with van der Waals surface area (Å²) < 4.78 is 6.88. The summed E-state index contributed by atoms with van der Waals surface area (Å²) in [7, 11) is 1.66. The largest absolute Gasteiger partial charge is 0.497 e. The summed E-state index contributed by atoms with van der Waals surface area (Å²) in [6.07, 6.45) is 0. The molecule has 0 aliphatic heterocycles. The zero-order chi connectivity index (χ0) is 18.5. The molecular formula is C20H21N3O2S. The number of nitrogens with zero attached hydrogens (tertiary/aromatic N) is 2. The van der Waals surface area contributed by atoms with Gasteiger partial charge in [-0.25, -0.2) is 0 Å². The predicted molar refractivity (Wildman–Crippen MR) is 104 cm³/mol. The molecule has 1 N–H and O–H groups in total. The van der Waals surface area contributed by atoms with E-state index in [1.807, 2.05) is 62.4 Å². The predicted octanol–water partition coefficient (Wildman–Crippen LogP) is 4.62. The lowest BCUT2D eigenvalue weighted by Gasteiger charge is -2.08. The molecule has 0 bridgehead atoms. The topological polar surface area (TPSA) is 56.2 Å². The van der Waals surface area contributed by atoms with Gasteiger partial charge in [0.15, 0.2) is 0 Å². The monoisotopic (exact) mass is 367 g/mol. The van der Waals surface area contributed by atoms with Gasteiger partial charge in [0.05, 0.1) is 12.8 Å². The molecule has 0 aliphatic carbocycles. The number of aryl methyl sites for hydroxylation is 2. The van der Waals surface area contributed by atoms with Crippen LogP contribution in [0.25, 0.3) is 0 Å². The van der Waals surface area contributed by atoms with Gasteiger partial charge in [0.1, 0.15) is 11.4 Å². The Morgan fingerprint density at radius 3 is 2.31 bits per heavy atom. The minimum absolute atomic E-state index is 0.150. The molecule has 5 nitrogen and oxygen atoms in total. The molecule has 1 aromatic heterocycles. The van der Waals surface area contributed by atoms with Crippen LogP contribution in [0.4, 0.5) is 5.69 Å². The Balaban J connectivity index is 1.66. The SMILES string of the molecule is CCn1nc(C)cc1C(=O)Nc1ccc(Sc2ccc(OC)cc2)cc1. The average molecular weight is 367 g/mol. The molecule has 134 valence electrons. The van der Waals surface area contributed by atoms with Gasteiger partial charge in [-0.15, -0.1) is 0 Å². The molecule has 0 fully saturated rings. The van der Waals surface area contributed by atoms with Crippen molar-refractivity contribution in [1.29, 1.82) is 0 Å². The van der Waals surface area contributed by atoms with E-state index in [9.17, 15) is 4.79 Å². The molecule has 0 saturated heterocycles. The first-order valence-electron chi connectivity index (χ1n) is 8.37. The van der Waals surface area contributed by atoms with Gasteiger partial charge in [-0.05, 0) is 68.4 Å². The van der Waals surface area contributed by atoms with Gasteiger partial charge >= 0.3 is 0 Å². The van der Waals surface area contributed by atoms with Crippen LogP contribution in [0.2, 0.25) is 0 Å². The summed E-state index contributed by atoms with van der Waals surface area (Å²) in [5.41, 5.74) is 2.17. The second kappa shape index (κ2) is 8.10. The maximum absolute atomic E-state index is 12.5. The second-order valence-corrected chi connectivity index (χ2v) is 6.89. The van der Waals surface area contributed by atoms with Crippen molar-refractivity contribution in [2.75, 3.05) is 12.4 Å². The van der Waals surface area contributed by atoms with Crippen molar-refractivity contribution >= 4 is 23.4 Å². The number of rotatable bonds is 6. The van der Waals surface area contributed by atoms with Crippen LogP contribution < -0.4 is 10.1 Å². The van der Waals surface area contributed by atoms with Crippen LogP contribution in [0, 0.1) is 6.92 Å². The summed E-state index contributed by atoms with van der Waals surface area (Å²) in [5.74, 6) is 0.692. The molecule has 1 amide bonds. The van der Waals surface area contributed by atoms with E-state index in [4.69, 9.17) is 4.74 Å². The summed E-state index contributed by atoms with van der Waals surface area (Å²) in [4.78, 5) is 14.7. The van der Waals surface area contributed by atoms with Crippen molar-refractivity contribution in [2.24, 2.45) is 0 Å². The number of nitrogens with one attached hydrogen (secondary N) is 1. The van der Waals surface area contributed by atoms with Gasteiger partial charge in [-0.1, -0.05) is 11.8 Å². The van der Waals surface area contributed by atoms with Crippen LogP contribution >= 0.6 is 11.8 Å². The Morgan fingerprint density at radius 1 is 1.12 bits per heavy atom.